The van der Waals surface area contributed by atoms with Crippen LogP contribution in [0.1, 0.15) is 18.5 Å². The van der Waals surface area contributed by atoms with E-state index >= 15 is 0 Å². The zero-order chi connectivity index (χ0) is 65.7. The predicted octanol–water partition coefficient (Wildman–Crippen LogP) is 2.07. The van der Waals surface area contributed by atoms with E-state index in [2.05, 4.69) is 154 Å². The molecule has 0 saturated carbocycles. The van der Waals surface area contributed by atoms with E-state index < -0.39 is 64.5 Å². The van der Waals surface area contributed by atoms with Crippen LogP contribution in [0.5, 0.6) is 0 Å². The Labute approximate surface area is 520 Å². The third kappa shape index (κ3) is 20.3. The van der Waals surface area contributed by atoms with E-state index in [0.29, 0.717) is 30.9 Å². The maximum atomic E-state index is 13.5. The lowest BCUT2D eigenvalue weighted by Crippen LogP contribution is -2.40. The Morgan fingerprint density at radius 2 is 1.07 bits per heavy atom. The van der Waals surface area contributed by atoms with Crippen molar-refractivity contribution in [2.75, 3.05) is 84.1 Å². The number of halogens is 6. The highest BCUT2D eigenvalue weighted by Gasteiger charge is 2.26. The number of hydrogen-bond donors (Lipinski definition) is 9. The Balaban J connectivity index is 0.000000266. The maximum Gasteiger partial charge on any atom is 0.446 e. The molecule has 0 fully saturated rings. The molecule has 0 aliphatic rings. The number of hydroxylamine groups is 1. The van der Waals surface area contributed by atoms with Gasteiger partial charge in [-0.2, -0.15) is 0 Å². The maximum absolute atomic E-state index is 13.5. The van der Waals surface area contributed by atoms with Crippen molar-refractivity contribution in [3.05, 3.63) is 112 Å². The molecule has 8 rings (SSSR count). The second-order valence-corrected chi connectivity index (χ2v) is 18.4. The van der Waals surface area contributed by atoms with Gasteiger partial charge in [-0.15, -0.1) is 0 Å². The number of Topliss-reactive ketones (excluding diaryl/α,β-unsaturated/α-hetero) is 1. The number of nitrogens with zero attached hydrogens (tertiary/aromatic N) is 11. The highest BCUT2D eigenvalue weighted by molar-refractivity contribution is 9.11. The molecule has 11 N–H and O–H groups in total. The molecule has 8 aromatic rings. The molecule has 0 aliphatic heterocycles. The average molecular weight is 1450 g/mol. The van der Waals surface area contributed by atoms with Gasteiger partial charge >= 0.3 is 41.2 Å². The summed E-state index contributed by atoms with van der Waals surface area (Å²) in [5, 5.41) is 52.0. The Kier molecular flexibility index (Phi) is 29.0. The summed E-state index contributed by atoms with van der Waals surface area (Å²) in [5.74, 6) is -7.61. The fourth-order valence-corrected chi connectivity index (χ4v) is 7.36. The molecule has 89 heavy (non-hydrogen) atoms. The largest absolute Gasteiger partial charge is 0.463 e. The molecule has 0 bridgehead atoms. The number of nitrogens with two attached hydrogens (primary N) is 2. The SMILES string of the molecule is CN.CNC(=O)C(=O)NCCNc1nonc1C(=Nc1ccc(F)c(Br)c1)NO.COC(=O)C(=O)CCCNc1nonc1-c1noc(=O)n1-c1ccc(F)c(Br)c1.COC(=O)C(=O)OC.NCCNc1nonc1-c1noc(=O)n1-c1ccc(F)c(Br)c1. The van der Waals surface area contributed by atoms with Crippen LogP contribution in [-0.2, 0) is 43.0 Å². The highest BCUT2D eigenvalue weighted by Crippen LogP contribution is 2.28. The van der Waals surface area contributed by atoms with Crippen LogP contribution in [-0.4, -0.2) is 165 Å². The minimum Gasteiger partial charge on any atom is -0.463 e. The van der Waals surface area contributed by atoms with Crippen molar-refractivity contribution in [2.24, 2.45) is 16.5 Å². The number of hydrogen-bond acceptors (Lipinski definition) is 31. The van der Waals surface area contributed by atoms with Crippen LogP contribution in [0.2, 0.25) is 0 Å². The van der Waals surface area contributed by atoms with Gasteiger partial charge in [0.25, 0.3) is 0 Å². The van der Waals surface area contributed by atoms with Gasteiger partial charge in [-0.3, -0.25) is 34.1 Å². The molecule has 0 atom stereocenters. The molecule has 0 spiro atoms. The lowest BCUT2D eigenvalue weighted by atomic mass is 10.2. The summed E-state index contributed by atoms with van der Waals surface area (Å²) in [6.07, 6.45) is 0.273. The molecule has 5 aromatic heterocycles. The molecule has 5 heterocycles. The number of carbonyl (C=O) groups excluding carboxylic acids is 6. The fourth-order valence-electron chi connectivity index (χ4n) is 6.26. The van der Waals surface area contributed by atoms with Crippen LogP contribution in [0.4, 0.5) is 36.3 Å². The third-order valence-electron chi connectivity index (χ3n) is 10.3. The number of nitrogens with one attached hydrogen (secondary N) is 6. The van der Waals surface area contributed by atoms with E-state index in [4.69, 9.17) is 14.9 Å². The Bertz CT molecular complexity index is 3840. The van der Waals surface area contributed by atoms with Crippen molar-refractivity contribution in [3.63, 3.8) is 0 Å². The molecule has 36 nitrogen and oxygen atoms in total. The van der Waals surface area contributed by atoms with Gasteiger partial charge in [0.1, 0.15) is 17.5 Å². The number of ether oxygens (including phenoxy) is 3. The first-order valence-corrected chi connectivity index (χ1v) is 26.9. The topological polar surface area (TPSA) is 500 Å². The number of amides is 2. The number of methoxy groups -OCH3 is 3. The fraction of sp³-hybridized carbons (Fsp3) is 0.255. The molecule has 3 aromatic carbocycles. The Hall–Kier alpha value is -10.0. The van der Waals surface area contributed by atoms with Crippen LogP contribution in [0, 0.1) is 17.5 Å². The number of benzene rings is 3. The molecule has 0 radical (unpaired) electrons. The summed E-state index contributed by atoms with van der Waals surface area (Å²) in [4.78, 5) is 93.2. The van der Waals surface area contributed by atoms with Crippen LogP contribution in [0.15, 0.2) is 106 Å². The quantitative estimate of drug-likeness (QED) is 0.0106. The van der Waals surface area contributed by atoms with Crippen molar-refractivity contribution < 1.29 is 84.3 Å². The molecular formula is C47H49Br3F3N19O17. The number of rotatable bonds is 19. The lowest BCUT2D eigenvalue weighted by molar-refractivity contribution is -0.164. The number of esters is 3. The smallest absolute Gasteiger partial charge is 0.446 e. The van der Waals surface area contributed by atoms with Gasteiger partial charge in [0.2, 0.25) is 34.9 Å². The number of aromatic nitrogens is 10. The zero-order valence-corrected chi connectivity index (χ0v) is 51.2. The second kappa shape index (κ2) is 36.2. The monoisotopic (exact) mass is 1450 g/mol. The average Bonchev–Trinajstić information content (AvgIpc) is 3.41. The lowest BCUT2D eigenvalue weighted by Gasteiger charge is -2.07. The van der Waals surface area contributed by atoms with Gasteiger partial charge < -0.3 is 52.3 Å². The number of amidine groups is 1. The third-order valence-corrected chi connectivity index (χ3v) is 12.1. The number of likely N-dealkylation sites (N-methyl/N-ethyl adjacent to an activating group) is 1. The molecule has 2 amide bonds. The van der Waals surface area contributed by atoms with Crippen molar-refractivity contribution in [3.8, 4) is 34.4 Å². The van der Waals surface area contributed by atoms with E-state index in [1.807, 2.05) is 5.48 Å². The van der Waals surface area contributed by atoms with Gasteiger partial charge in [0, 0.05) is 46.2 Å². The van der Waals surface area contributed by atoms with Crippen LogP contribution < -0.4 is 55.0 Å². The van der Waals surface area contributed by atoms with E-state index in [1.165, 1.54) is 68.7 Å². The summed E-state index contributed by atoms with van der Waals surface area (Å²) < 4.78 is 78.6. The normalized spacial score (nSPS) is 10.4. The zero-order valence-electron chi connectivity index (χ0n) is 46.5. The highest BCUT2D eigenvalue weighted by atomic mass is 79.9. The Morgan fingerprint density at radius 3 is 1.53 bits per heavy atom. The van der Waals surface area contributed by atoms with Crippen molar-refractivity contribution in [2.45, 2.75) is 12.8 Å². The van der Waals surface area contributed by atoms with Crippen molar-refractivity contribution in [1.82, 2.24) is 66.5 Å². The first kappa shape index (κ1) is 71.4. The van der Waals surface area contributed by atoms with Gasteiger partial charge in [0.15, 0.2) is 22.9 Å². The van der Waals surface area contributed by atoms with Gasteiger partial charge in [0.05, 0.1) is 51.8 Å². The number of aliphatic imine (C=N–C) groups is 1. The van der Waals surface area contributed by atoms with E-state index in [0.717, 1.165) is 30.5 Å². The van der Waals surface area contributed by atoms with E-state index in [-0.39, 0.29) is 97.2 Å². The van der Waals surface area contributed by atoms with Gasteiger partial charge in [-0.1, -0.05) is 10.3 Å². The second-order valence-electron chi connectivity index (χ2n) is 15.9. The van der Waals surface area contributed by atoms with Crippen LogP contribution >= 0.6 is 47.8 Å². The summed E-state index contributed by atoms with van der Waals surface area (Å²) in [5.41, 5.74) is 13.0. The first-order valence-electron chi connectivity index (χ1n) is 24.5. The summed E-state index contributed by atoms with van der Waals surface area (Å²) in [7, 11) is 6.19. The summed E-state index contributed by atoms with van der Waals surface area (Å²) >= 11 is 9.16. The first-order chi connectivity index (χ1) is 42.7. The molecule has 42 heteroatoms. The summed E-state index contributed by atoms with van der Waals surface area (Å²) in [6.45, 7) is 1.33. The van der Waals surface area contributed by atoms with E-state index in [1.54, 1.807) is 0 Å². The van der Waals surface area contributed by atoms with Crippen LogP contribution in [0.3, 0.4) is 0 Å². The molecule has 0 unspecified atom stereocenters. The standard InChI is InChI=1S/C16H13BrFN5O6.C14H15BrFN7O4.C12H10BrFN6O3.C4H6O4.CH5N/c1-27-15(25)11(24)3-2-6-19-13-12(20-29-21-13)14-22-28-16(26)23(14)8-4-5-10(18)9(17)7-8;1-17-13(24)14(25)19-5-4-18-11-10(22-27-23-11)12(21-26)20-7-2-3-9(16)8(15)6-7;13-7-5-6(1-2-8(7)14)20-11(19-22-12(20)21)9-10(16-4-3-15)18-23-17-9;1-7-3(5)4(6)8-2;1-2/h4-5,7H,2-3,6H2,1H3,(H,19,21);2-3,6,26H,4-5H2,1H3,(H,17,24)(H,18,23)(H,19,25)(H,20,21);1-2,5H,3-4,15H2,(H,16,18);1-2H3;2H2,1H3. The van der Waals surface area contributed by atoms with Gasteiger partial charge in [-0.05, 0) is 147 Å². The number of anilines is 3. The van der Waals surface area contributed by atoms with E-state index in [9.17, 15) is 56.7 Å². The minimum atomic E-state index is -0.979. The van der Waals surface area contributed by atoms with Crippen LogP contribution in [0.25, 0.3) is 34.4 Å². The van der Waals surface area contributed by atoms with Crippen molar-refractivity contribution in [1.29, 1.82) is 0 Å². The number of carbonyl (C=O) groups is 6. The van der Waals surface area contributed by atoms with Gasteiger partial charge in [-0.25, -0.2) is 65.2 Å². The Morgan fingerprint density at radius 1 is 0.607 bits per heavy atom. The minimum absolute atomic E-state index is 0.0251. The predicted molar refractivity (Wildman–Crippen MR) is 308 cm³/mol. The molecule has 476 valence electrons. The van der Waals surface area contributed by atoms with Crippen molar-refractivity contribution >= 4 is 112 Å². The molecular weight excluding hydrogens is 1400 g/mol. The number of ketones is 1. The molecule has 0 saturated heterocycles. The summed E-state index contributed by atoms with van der Waals surface area (Å²) in [6, 6.07) is 11.9. The molecule has 0 aliphatic carbocycles.